The summed E-state index contributed by atoms with van der Waals surface area (Å²) in [7, 11) is 7.83. The summed E-state index contributed by atoms with van der Waals surface area (Å²) in [5.74, 6) is 1.72. The average molecular weight is 276 g/mol. The van der Waals surface area contributed by atoms with Gasteiger partial charge in [0.1, 0.15) is 6.33 Å². The van der Waals surface area contributed by atoms with Gasteiger partial charge in [0.2, 0.25) is 17.8 Å². The van der Waals surface area contributed by atoms with Gasteiger partial charge in [-0.05, 0) is 14.1 Å². The largest absolute Gasteiger partial charge is 0.357 e. The predicted molar refractivity (Wildman–Crippen MR) is 78.3 cm³/mol. The first kappa shape index (κ1) is 14.2. The molecule has 0 saturated heterocycles. The first-order valence-corrected chi connectivity index (χ1v) is 6.38. The van der Waals surface area contributed by atoms with Gasteiger partial charge in [-0.3, -0.25) is 4.57 Å². The predicted octanol–water partition coefficient (Wildman–Crippen LogP) is 0.0968. The van der Waals surface area contributed by atoms with Crippen LogP contribution in [0.25, 0.3) is 5.95 Å². The van der Waals surface area contributed by atoms with Crippen molar-refractivity contribution in [2.75, 3.05) is 51.5 Å². The van der Waals surface area contributed by atoms with Crippen LogP contribution in [0.5, 0.6) is 0 Å². The summed E-state index contributed by atoms with van der Waals surface area (Å²) >= 11 is 0. The van der Waals surface area contributed by atoms with Crippen LogP contribution in [0.3, 0.4) is 0 Å². The van der Waals surface area contributed by atoms with Crippen LogP contribution in [-0.4, -0.2) is 70.7 Å². The molecule has 0 radical (unpaired) electrons. The van der Waals surface area contributed by atoms with Gasteiger partial charge < -0.3 is 15.1 Å². The number of imidazole rings is 1. The lowest BCUT2D eigenvalue weighted by Gasteiger charge is -2.20. The topological polar surface area (TPSA) is 75.0 Å². The Bertz CT molecular complexity index is 536. The molecule has 0 aliphatic rings. The van der Waals surface area contributed by atoms with Crippen molar-refractivity contribution in [1.29, 1.82) is 0 Å². The van der Waals surface area contributed by atoms with Gasteiger partial charge in [0.15, 0.2) is 0 Å². The highest BCUT2D eigenvalue weighted by Gasteiger charge is 2.11. The van der Waals surface area contributed by atoms with Crippen molar-refractivity contribution in [3.05, 3.63) is 18.7 Å². The monoisotopic (exact) mass is 276 g/mol. The second-order valence-electron chi connectivity index (χ2n) is 4.70. The molecule has 1 N–H and O–H groups in total. The SMILES string of the molecule is CNc1nc(N(C)CCN(C)C)nc(-n2ccnc2)n1. The lowest BCUT2D eigenvalue weighted by atomic mass is 10.5. The Hall–Kier alpha value is -2.22. The molecule has 0 spiro atoms. The molecule has 0 fully saturated rings. The summed E-state index contributed by atoms with van der Waals surface area (Å²) in [6, 6.07) is 0. The van der Waals surface area contributed by atoms with Crippen molar-refractivity contribution >= 4 is 11.9 Å². The van der Waals surface area contributed by atoms with E-state index in [-0.39, 0.29) is 0 Å². The molecule has 0 aliphatic carbocycles. The molecule has 2 rings (SSSR count). The Labute approximate surface area is 118 Å². The van der Waals surface area contributed by atoms with Gasteiger partial charge in [0, 0.05) is 39.6 Å². The van der Waals surface area contributed by atoms with Crippen LogP contribution in [0.2, 0.25) is 0 Å². The fourth-order valence-corrected chi connectivity index (χ4v) is 1.58. The zero-order chi connectivity index (χ0) is 14.5. The maximum absolute atomic E-state index is 4.47. The summed E-state index contributed by atoms with van der Waals surface area (Å²) in [5, 5.41) is 2.96. The molecule has 2 heterocycles. The Morgan fingerprint density at radius 1 is 1.15 bits per heavy atom. The summed E-state index contributed by atoms with van der Waals surface area (Å²) in [4.78, 5) is 21.3. The van der Waals surface area contributed by atoms with Gasteiger partial charge >= 0.3 is 0 Å². The molecule has 108 valence electrons. The van der Waals surface area contributed by atoms with Gasteiger partial charge in [-0.15, -0.1) is 0 Å². The number of nitrogens with one attached hydrogen (secondary N) is 1. The second kappa shape index (κ2) is 6.29. The highest BCUT2D eigenvalue weighted by atomic mass is 15.3. The maximum atomic E-state index is 4.47. The Balaban J connectivity index is 2.26. The van der Waals surface area contributed by atoms with Crippen LogP contribution in [0.4, 0.5) is 11.9 Å². The van der Waals surface area contributed by atoms with E-state index in [2.05, 4.69) is 30.2 Å². The van der Waals surface area contributed by atoms with Crippen molar-refractivity contribution < 1.29 is 0 Å². The van der Waals surface area contributed by atoms with E-state index >= 15 is 0 Å². The first-order valence-electron chi connectivity index (χ1n) is 6.38. The van der Waals surface area contributed by atoms with Crippen molar-refractivity contribution in [2.45, 2.75) is 0 Å². The van der Waals surface area contributed by atoms with E-state index < -0.39 is 0 Å². The first-order chi connectivity index (χ1) is 9.60. The standard InChI is InChI=1S/C12H20N8/c1-13-10-15-11(19(4)8-7-18(2)3)17-12(16-10)20-6-5-14-9-20/h5-6,9H,7-8H2,1-4H3,(H,13,15,16,17). The van der Waals surface area contributed by atoms with E-state index in [4.69, 9.17) is 0 Å². The van der Waals surface area contributed by atoms with E-state index in [1.165, 1.54) is 0 Å². The minimum atomic E-state index is 0.537. The van der Waals surface area contributed by atoms with E-state index in [1.807, 2.05) is 26.0 Å². The van der Waals surface area contributed by atoms with Gasteiger partial charge in [-0.25, -0.2) is 4.98 Å². The lowest BCUT2D eigenvalue weighted by molar-refractivity contribution is 0.415. The lowest BCUT2D eigenvalue weighted by Crippen LogP contribution is -2.30. The van der Waals surface area contributed by atoms with Crippen LogP contribution in [-0.2, 0) is 0 Å². The van der Waals surface area contributed by atoms with E-state index in [1.54, 1.807) is 30.3 Å². The third-order valence-electron chi connectivity index (χ3n) is 2.79. The Kier molecular flexibility index (Phi) is 4.46. The Morgan fingerprint density at radius 3 is 2.55 bits per heavy atom. The Morgan fingerprint density at radius 2 is 1.95 bits per heavy atom. The van der Waals surface area contributed by atoms with E-state index in [0.29, 0.717) is 17.8 Å². The van der Waals surface area contributed by atoms with Crippen LogP contribution in [0.15, 0.2) is 18.7 Å². The second-order valence-corrected chi connectivity index (χ2v) is 4.70. The minimum absolute atomic E-state index is 0.537. The van der Waals surface area contributed by atoms with Crippen molar-refractivity contribution in [3.8, 4) is 5.95 Å². The number of likely N-dealkylation sites (N-methyl/N-ethyl adjacent to an activating group) is 2. The van der Waals surface area contributed by atoms with Crippen LogP contribution in [0, 0.1) is 0 Å². The molecule has 20 heavy (non-hydrogen) atoms. The molecular formula is C12H20N8. The molecule has 0 saturated carbocycles. The third-order valence-corrected chi connectivity index (χ3v) is 2.79. The number of anilines is 2. The van der Waals surface area contributed by atoms with E-state index in [9.17, 15) is 0 Å². The fraction of sp³-hybridized carbons (Fsp3) is 0.500. The highest BCUT2D eigenvalue weighted by molar-refractivity contribution is 5.39. The summed E-state index contributed by atoms with van der Waals surface area (Å²) in [6.45, 7) is 1.76. The smallest absolute Gasteiger partial charge is 0.241 e. The van der Waals surface area contributed by atoms with Crippen LogP contribution >= 0.6 is 0 Å². The maximum Gasteiger partial charge on any atom is 0.241 e. The summed E-state index contributed by atoms with van der Waals surface area (Å²) in [5.41, 5.74) is 0. The van der Waals surface area contributed by atoms with Crippen LogP contribution in [0.1, 0.15) is 0 Å². The quantitative estimate of drug-likeness (QED) is 0.801. The van der Waals surface area contributed by atoms with Gasteiger partial charge in [-0.2, -0.15) is 15.0 Å². The minimum Gasteiger partial charge on any atom is -0.357 e. The summed E-state index contributed by atoms with van der Waals surface area (Å²) < 4.78 is 1.76. The molecule has 2 aromatic heterocycles. The molecule has 0 atom stereocenters. The number of rotatable bonds is 6. The molecule has 0 unspecified atom stereocenters. The highest BCUT2D eigenvalue weighted by Crippen LogP contribution is 2.11. The molecule has 8 nitrogen and oxygen atoms in total. The number of nitrogens with zero attached hydrogens (tertiary/aromatic N) is 7. The zero-order valence-electron chi connectivity index (χ0n) is 12.3. The normalized spacial score (nSPS) is 10.8. The number of aromatic nitrogens is 5. The average Bonchev–Trinajstić information content (AvgIpc) is 2.98. The van der Waals surface area contributed by atoms with Gasteiger partial charge in [0.05, 0.1) is 0 Å². The van der Waals surface area contributed by atoms with Gasteiger partial charge in [0.25, 0.3) is 0 Å². The van der Waals surface area contributed by atoms with E-state index in [0.717, 1.165) is 13.1 Å². The van der Waals surface area contributed by atoms with Crippen molar-refractivity contribution in [1.82, 2.24) is 29.4 Å². The molecule has 2 aromatic rings. The zero-order valence-corrected chi connectivity index (χ0v) is 12.3. The van der Waals surface area contributed by atoms with Crippen molar-refractivity contribution in [2.24, 2.45) is 0 Å². The third kappa shape index (κ3) is 3.41. The van der Waals surface area contributed by atoms with Crippen molar-refractivity contribution in [3.63, 3.8) is 0 Å². The molecule has 0 aromatic carbocycles. The summed E-state index contributed by atoms with van der Waals surface area (Å²) in [6.07, 6.45) is 5.16. The van der Waals surface area contributed by atoms with Gasteiger partial charge in [-0.1, -0.05) is 0 Å². The molecule has 0 aliphatic heterocycles. The molecular weight excluding hydrogens is 256 g/mol. The fourth-order valence-electron chi connectivity index (χ4n) is 1.58. The molecule has 0 amide bonds. The van der Waals surface area contributed by atoms with Crippen LogP contribution < -0.4 is 10.2 Å². The molecule has 8 heteroatoms. The number of hydrogen-bond donors (Lipinski definition) is 1. The number of hydrogen-bond acceptors (Lipinski definition) is 7. The molecule has 0 bridgehead atoms.